The predicted molar refractivity (Wildman–Crippen MR) is 106 cm³/mol. The molecule has 0 aromatic heterocycles. The minimum atomic E-state index is -0.0736. The van der Waals surface area contributed by atoms with E-state index in [-0.39, 0.29) is 17.4 Å². The van der Waals surface area contributed by atoms with Crippen molar-refractivity contribution in [3.63, 3.8) is 0 Å². The Morgan fingerprint density at radius 2 is 1.93 bits per heavy atom. The molecule has 0 unspecified atom stereocenters. The highest BCUT2D eigenvalue weighted by atomic mass is 16.5. The lowest BCUT2D eigenvalue weighted by Crippen LogP contribution is -2.51. The Kier molecular flexibility index (Phi) is 4.63. The van der Waals surface area contributed by atoms with Crippen LogP contribution < -0.4 is 10.1 Å². The van der Waals surface area contributed by atoms with Gasteiger partial charge in [0.25, 0.3) is 0 Å². The molecule has 146 valence electrons. The van der Waals surface area contributed by atoms with Gasteiger partial charge in [0.1, 0.15) is 11.4 Å². The number of nitrogens with zero attached hydrogens (tertiary/aromatic N) is 1. The molecule has 2 saturated carbocycles. The summed E-state index contributed by atoms with van der Waals surface area (Å²) in [5.41, 5.74) is 1.16. The van der Waals surface area contributed by atoms with E-state index in [1.54, 1.807) is 0 Å². The molecule has 0 radical (unpaired) electrons. The quantitative estimate of drug-likeness (QED) is 0.858. The molecule has 5 rings (SSSR count). The second-order valence-corrected chi connectivity index (χ2v) is 9.37. The average Bonchev–Trinajstić information content (AvgIpc) is 3.45. The molecule has 1 aromatic rings. The Morgan fingerprint density at radius 3 is 2.63 bits per heavy atom. The summed E-state index contributed by atoms with van der Waals surface area (Å²) in [5.74, 6) is 2.48. The number of benzene rings is 1. The van der Waals surface area contributed by atoms with Gasteiger partial charge in [0.05, 0.1) is 0 Å². The highest BCUT2D eigenvalue weighted by molar-refractivity contribution is 5.77. The number of ether oxygens (including phenoxy) is 1. The van der Waals surface area contributed by atoms with Crippen molar-refractivity contribution < 1.29 is 9.53 Å². The molecule has 1 atom stereocenters. The number of hydrogen-bond donors (Lipinski definition) is 1. The molecule has 4 heteroatoms. The normalized spacial score (nSPS) is 27.5. The second-order valence-electron chi connectivity index (χ2n) is 9.37. The lowest BCUT2D eigenvalue weighted by atomic mass is 9.76. The predicted octanol–water partition coefficient (Wildman–Crippen LogP) is 3.86. The van der Waals surface area contributed by atoms with Gasteiger partial charge in [-0.25, -0.2) is 0 Å². The fraction of sp³-hybridized carbons (Fsp3) is 0.696. The molecular formula is C23H32N2O2. The Balaban J connectivity index is 1.28. The van der Waals surface area contributed by atoms with Crippen LogP contribution in [-0.4, -0.2) is 42.1 Å². The fourth-order valence-corrected chi connectivity index (χ4v) is 5.10. The maximum atomic E-state index is 12.6. The van der Waals surface area contributed by atoms with Gasteiger partial charge in [0.15, 0.2) is 0 Å². The van der Waals surface area contributed by atoms with Crippen LogP contribution in [0.4, 0.5) is 0 Å². The van der Waals surface area contributed by atoms with E-state index in [0.29, 0.717) is 12.5 Å². The molecule has 1 aromatic carbocycles. The van der Waals surface area contributed by atoms with Crippen molar-refractivity contribution in [2.45, 2.75) is 75.3 Å². The largest absolute Gasteiger partial charge is 0.487 e. The highest BCUT2D eigenvalue weighted by Crippen LogP contribution is 2.47. The molecule has 2 aliphatic heterocycles. The summed E-state index contributed by atoms with van der Waals surface area (Å²) in [5, 5.41) is 3.23. The van der Waals surface area contributed by atoms with Crippen LogP contribution in [0, 0.1) is 5.92 Å². The zero-order valence-corrected chi connectivity index (χ0v) is 16.3. The number of rotatable bonds is 5. The number of likely N-dealkylation sites (tertiary alicyclic amines) is 1. The summed E-state index contributed by atoms with van der Waals surface area (Å²) in [6.07, 6.45) is 10.2. The van der Waals surface area contributed by atoms with Gasteiger partial charge in [-0.1, -0.05) is 18.2 Å². The third kappa shape index (κ3) is 3.87. The number of nitrogens with one attached hydrogen (secondary N) is 1. The number of para-hydroxylation sites is 1. The molecule has 4 aliphatic rings. The average molecular weight is 369 g/mol. The van der Waals surface area contributed by atoms with Crippen molar-refractivity contribution in [2.75, 3.05) is 19.6 Å². The lowest BCUT2D eigenvalue weighted by Gasteiger charge is -2.47. The van der Waals surface area contributed by atoms with Gasteiger partial charge in [-0.15, -0.1) is 0 Å². The number of hydrogen-bond acceptors (Lipinski definition) is 3. The first-order valence-electron chi connectivity index (χ1n) is 11.0. The molecule has 2 heterocycles. The topological polar surface area (TPSA) is 41.6 Å². The van der Waals surface area contributed by atoms with Crippen molar-refractivity contribution in [3.05, 3.63) is 29.8 Å². The Hall–Kier alpha value is -1.55. The zero-order valence-electron chi connectivity index (χ0n) is 16.3. The highest BCUT2D eigenvalue weighted by Gasteiger charge is 2.44. The van der Waals surface area contributed by atoms with Gasteiger partial charge >= 0.3 is 0 Å². The van der Waals surface area contributed by atoms with E-state index in [2.05, 4.69) is 34.5 Å². The van der Waals surface area contributed by atoms with Crippen LogP contribution >= 0.6 is 0 Å². The maximum absolute atomic E-state index is 12.6. The monoisotopic (exact) mass is 368 g/mol. The molecule has 3 fully saturated rings. The van der Waals surface area contributed by atoms with Gasteiger partial charge in [-0.2, -0.15) is 0 Å². The third-order valence-corrected chi connectivity index (χ3v) is 7.19. The van der Waals surface area contributed by atoms with E-state index in [0.717, 1.165) is 56.9 Å². The minimum absolute atomic E-state index is 0.0736. The number of amides is 1. The Bertz CT molecular complexity index is 687. The molecular weight excluding hydrogens is 336 g/mol. The number of piperidine rings is 1. The summed E-state index contributed by atoms with van der Waals surface area (Å²) in [7, 11) is 0. The molecule has 2 aliphatic carbocycles. The van der Waals surface area contributed by atoms with E-state index in [4.69, 9.17) is 4.74 Å². The summed E-state index contributed by atoms with van der Waals surface area (Å²) in [6.45, 7) is 3.55. The lowest BCUT2D eigenvalue weighted by molar-refractivity contribution is -0.123. The standard InChI is InChI=1S/C23H32N2O2/c26-22(24-19-4-3-5-19)14-18-15-23(27-21-7-2-1-6-20(18)21)10-12-25(13-11-23)16-17-8-9-17/h1-2,6-7,17-19H,3-5,8-16H2,(H,24,26)/t18-/m0/s1. The van der Waals surface area contributed by atoms with Crippen LogP contribution in [0.3, 0.4) is 0 Å². The summed E-state index contributed by atoms with van der Waals surface area (Å²) >= 11 is 0. The van der Waals surface area contributed by atoms with Crippen LogP contribution in [0.1, 0.15) is 69.3 Å². The van der Waals surface area contributed by atoms with Crippen LogP contribution in [0.2, 0.25) is 0 Å². The van der Waals surface area contributed by atoms with Gasteiger partial charge in [0, 0.05) is 38.0 Å². The van der Waals surface area contributed by atoms with E-state index < -0.39 is 0 Å². The number of carbonyl (C=O) groups excluding carboxylic acids is 1. The van der Waals surface area contributed by atoms with Crippen molar-refractivity contribution in [1.29, 1.82) is 0 Å². The molecule has 27 heavy (non-hydrogen) atoms. The van der Waals surface area contributed by atoms with E-state index in [9.17, 15) is 4.79 Å². The first kappa shape index (κ1) is 17.5. The first-order chi connectivity index (χ1) is 13.2. The van der Waals surface area contributed by atoms with Crippen LogP contribution in [-0.2, 0) is 4.79 Å². The SMILES string of the molecule is O=C(C[C@H]1CC2(CCN(CC3CC3)CC2)Oc2ccccc21)NC1CCC1. The number of carbonyl (C=O) groups is 1. The zero-order chi connectivity index (χ0) is 18.3. The second kappa shape index (κ2) is 7.12. The van der Waals surface area contributed by atoms with Crippen molar-refractivity contribution in [2.24, 2.45) is 5.92 Å². The van der Waals surface area contributed by atoms with Gasteiger partial charge in [-0.3, -0.25) is 4.79 Å². The van der Waals surface area contributed by atoms with Gasteiger partial charge < -0.3 is 15.0 Å². The minimum Gasteiger partial charge on any atom is -0.487 e. The van der Waals surface area contributed by atoms with E-state index >= 15 is 0 Å². The van der Waals surface area contributed by atoms with Crippen molar-refractivity contribution >= 4 is 5.91 Å². The third-order valence-electron chi connectivity index (χ3n) is 7.19. The molecule has 1 spiro atoms. The summed E-state index contributed by atoms with van der Waals surface area (Å²) in [6, 6.07) is 8.82. The summed E-state index contributed by atoms with van der Waals surface area (Å²) < 4.78 is 6.60. The van der Waals surface area contributed by atoms with E-state index in [1.807, 2.05) is 0 Å². The van der Waals surface area contributed by atoms with Gasteiger partial charge in [0.2, 0.25) is 5.91 Å². The molecule has 1 amide bonds. The van der Waals surface area contributed by atoms with Crippen LogP contribution in [0.25, 0.3) is 0 Å². The Labute approximate surface area is 162 Å². The van der Waals surface area contributed by atoms with Crippen LogP contribution in [0.15, 0.2) is 24.3 Å². The number of fused-ring (bicyclic) bond motifs is 1. The molecule has 4 nitrogen and oxygen atoms in total. The summed E-state index contributed by atoms with van der Waals surface area (Å²) in [4.78, 5) is 15.2. The molecule has 0 bridgehead atoms. The smallest absolute Gasteiger partial charge is 0.220 e. The Morgan fingerprint density at radius 1 is 1.15 bits per heavy atom. The molecule has 1 saturated heterocycles. The van der Waals surface area contributed by atoms with Gasteiger partial charge in [-0.05, 0) is 68.9 Å². The maximum Gasteiger partial charge on any atom is 0.220 e. The van der Waals surface area contributed by atoms with Crippen molar-refractivity contribution in [3.8, 4) is 5.75 Å². The fourth-order valence-electron chi connectivity index (χ4n) is 5.10. The van der Waals surface area contributed by atoms with Crippen LogP contribution in [0.5, 0.6) is 5.75 Å². The first-order valence-corrected chi connectivity index (χ1v) is 11.0. The molecule has 1 N–H and O–H groups in total. The van der Waals surface area contributed by atoms with Crippen molar-refractivity contribution in [1.82, 2.24) is 10.2 Å². The van der Waals surface area contributed by atoms with E-state index in [1.165, 1.54) is 31.4 Å².